The molecule has 1 aromatic heterocycles. The average molecular weight is 224 g/mol. The fourth-order valence-corrected chi connectivity index (χ4v) is 1.91. The van der Waals surface area contributed by atoms with Gasteiger partial charge in [-0.1, -0.05) is 0 Å². The predicted octanol–water partition coefficient (Wildman–Crippen LogP) is 0.920. The molecule has 0 N–H and O–H groups in total. The zero-order valence-electron chi connectivity index (χ0n) is 9.59. The molecule has 0 saturated carbocycles. The molecule has 1 aromatic rings. The van der Waals surface area contributed by atoms with E-state index in [1.54, 1.807) is 10.7 Å². The van der Waals surface area contributed by atoms with E-state index in [0.29, 0.717) is 12.4 Å². The molecular weight excluding hydrogens is 208 g/mol. The highest BCUT2D eigenvalue weighted by Gasteiger charge is 2.19. The largest absolute Gasteiger partial charge is 0.374 e. The van der Waals surface area contributed by atoms with Crippen molar-refractivity contribution in [2.45, 2.75) is 19.6 Å². The smallest absolute Gasteiger partial charge is 0.195 e. The van der Waals surface area contributed by atoms with Crippen molar-refractivity contribution in [3.63, 3.8) is 0 Å². The fraction of sp³-hybridized carbons (Fsp3) is 0.700. The van der Waals surface area contributed by atoms with E-state index in [2.05, 4.69) is 22.2 Å². The lowest BCUT2D eigenvalue weighted by Crippen LogP contribution is -2.42. The number of ether oxygens (including phenoxy) is 1. The van der Waals surface area contributed by atoms with Crippen molar-refractivity contribution in [3.05, 3.63) is 16.7 Å². The first kappa shape index (κ1) is 11.2. The molecule has 0 amide bonds. The van der Waals surface area contributed by atoms with Gasteiger partial charge in [-0.2, -0.15) is 5.10 Å². The van der Waals surface area contributed by atoms with Crippen LogP contribution in [0.1, 0.15) is 5.69 Å². The molecule has 16 heavy (non-hydrogen) atoms. The number of nitrogens with zero attached hydrogens (tertiary/aromatic N) is 4. The van der Waals surface area contributed by atoms with Crippen LogP contribution in [0.25, 0.3) is 0 Å². The van der Waals surface area contributed by atoms with Crippen LogP contribution in [0.15, 0.2) is 11.2 Å². The van der Waals surface area contributed by atoms with Gasteiger partial charge >= 0.3 is 0 Å². The van der Waals surface area contributed by atoms with Crippen LogP contribution in [0.5, 0.6) is 0 Å². The average Bonchev–Trinajstić information content (AvgIpc) is 2.59. The summed E-state index contributed by atoms with van der Waals surface area (Å²) in [5, 5.41) is 7.18. The van der Waals surface area contributed by atoms with E-state index in [1.807, 2.05) is 6.92 Å². The molecule has 88 valence electrons. The summed E-state index contributed by atoms with van der Waals surface area (Å²) >= 11 is 0. The summed E-state index contributed by atoms with van der Waals surface area (Å²) in [4.78, 5) is 12.8. The summed E-state index contributed by atoms with van der Waals surface area (Å²) in [5.41, 5.74) is 0.804. The minimum absolute atomic E-state index is 0.0820. The monoisotopic (exact) mass is 224 g/mol. The second-order valence-corrected chi connectivity index (χ2v) is 4.17. The Bertz CT molecular complexity index is 377. The lowest BCUT2D eigenvalue weighted by Gasteiger charge is -2.29. The molecular formula is C10H16N4O2. The molecule has 0 aromatic carbocycles. The second kappa shape index (κ2) is 4.71. The fourth-order valence-electron chi connectivity index (χ4n) is 1.91. The van der Waals surface area contributed by atoms with Crippen LogP contribution in [0.3, 0.4) is 0 Å². The number of hydrogen-bond donors (Lipinski definition) is 0. The summed E-state index contributed by atoms with van der Waals surface area (Å²) in [6, 6.07) is 1.68. The Hall–Kier alpha value is -1.27. The minimum Gasteiger partial charge on any atom is -0.374 e. The van der Waals surface area contributed by atoms with E-state index in [0.717, 1.165) is 25.4 Å². The Morgan fingerprint density at radius 1 is 1.69 bits per heavy atom. The first-order valence-corrected chi connectivity index (χ1v) is 5.37. The normalized spacial score (nSPS) is 22.2. The van der Waals surface area contributed by atoms with Crippen molar-refractivity contribution in [1.29, 1.82) is 0 Å². The van der Waals surface area contributed by atoms with Gasteiger partial charge in [0.15, 0.2) is 5.82 Å². The molecule has 6 nitrogen and oxygen atoms in total. The van der Waals surface area contributed by atoms with E-state index in [1.165, 1.54) is 0 Å². The Kier molecular flexibility index (Phi) is 3.31. The molecule has 6 heteroatoms. The molecule has 1 fully saturated rings. The van der Waals surface area contributed by atoms with Crippen LogP contribution in [0.2, 0.25) is 0 Å². The standard InChI is InChI=1S/C10H16N4O2/c1-8-5-10(12-15)14(11-8)7-9-6-13(2)3-4-16-9/h5,9H,3-4,6-7H2,1-2H3. The zero-order valence-corrected chi connectivity index (χ0v) is 9.59. The van der Waals surface area contributed by atoms with Crippen LogP contribution in [0, 0.1) is 11.8 Å². The van der Waals surface area contributed by atoms with Gasteiger partial charge in [-0.05, 0) is 19.1 Å². The topological polar surface area (TPSA) is 59.7 Å². The number of morpholine rings is 1. The van der Waals surface area contributed by atoms with Gasteiger partial charge in [0.05, 0.1) is 24.9 Å². The molecule has 1 aliphatic rings. The molecule has 1 atom stereocenters. The van der Waals surface area contributed by atoms with E-state index >= 15 is 0 Å². The first-order valence-electron chi connectivity index (χ1n) is 5.37. The molecule has 1 unspecified atom stereocenters. The maximum absolute atomic E-state index is 10.6. The Labute approximate surface area is 94.2 Å². The lowest BCUT2D eigenvalue weighted by molar-refractivity contribution is -0.0288. The van der Waals surface area contributed by atoms with Crippen molar-refractivity contribution in [2.75, 3.05) is 26.7 Å². The van der Waals surface area contributed by atoms with Crippen molar-refractivity contribution >= 4 is 5.82 Å². The molecule has 0 radical (unpaired) electrons. The van der Waals surface area contributed by atoms with E-state index in [4.69, 9.17) is 4.74 Å². The molecule has 1 saturated heterocycles. The number of likely N-dealkylation sites (N-methyl/N-ethyl adjacent to an activating group) is 1. The summed E-state index contributed by atoms with van der Waals surface area (Å²) in [6.07, 6.45) is 0.0820. The van der Waals surface area contributed by atoms with Crippen LogP contribution >= 0.6 is 0 Å². The molecule has 0 bridgehead atoms. The number of nitroso groups, excluding NO2 is 1. The molecule has 0 spiro atoms. The highest BCUT2D eigenvalue weighted by molar-refractivity contribution is 5.29. The van der Waals surface area contributed by atoms with Crippen molar-refractivity contribution in [1.82, 2.24) is 14.7 Å². The SMILES string of the molecule is Cc1cc(N=O)n(CC2CN(C)CCO2)n1. The van der Waals surface area contributed by atoms with Gasteiger partial charge in [0, 0.05) is 19.2 Å². The number of hydrogen-bond acceptors (Lipinski definition) is 5. The number of aryl methyl sites for hydroxylation is 1. The Morgan fingerprint density at radius 2 is 2.50 bits per heavy atom. The zero-order chi connectivity index (χ0) is 11.5. The quantitative estimate of drug-likeness (QED) is 0.716. The van der Waals surface area contributed by atoms with Crippen molar-refractivity contribution in [3.8, 4) is 0 Å². The van der Waals surface area contributed by atoms with Crippen LogP contribution < -0.4 is 0 Å². The highest BCUT2D eigenvalue weighted by Crippen LogP contribution is 2.15. The second-order valence-electron chi connectivity index (χ2n) is 4.17. The van der Waals surface area contributed by atoms with Crippen molar-refractivity contribution in [2.24, 2.45) is 5.18 Å². The van der Waals surface area contributed by atoms with Gasteiger partial charge in [0.25, 0.3) is 0 Å². The predicted molar refractivity (Wildman–Crippen MR) is 59.7 cm³/mol. The maximum atomic E-state index is 10.6. The lowest BCUT2D eigenvalue weighted by atomic mass is 10.3. The summed E-state index contributed by atoms with van der Waals surface area (Å²) in [5.74, 6) is 0.370. The third kappa shape index (κ3) is 2.45. The van der Waals surface area contributed by atoms with Gasteiger partial charge in [-0.3, -0.25) is 0 Å². The number of aromatic nitrogens is 2. The number of rotatable bonds is 3. The maximum Gasteiger partial charge on any atom is 0.195 e. The summed E-state index contributed by atoms with van der Waals surface area (Å²) < 4.78 is 7.23. The van der Waals surface area contributed by atoms with E-state index in [9.17, 15) is 4.91 Å². The summed E-state index contributed by atoms with van der Waals surface area (Å²) in [7, 11) is 2.06. The molecule has 0 aliphatic carbocycles. The van der Waals surface area contributed by atoms with Crippen LogP contribution in [-0.2, 0) is 11.3 Å². The Morgan fingerprint density at radius 3 is 3.19 bits per heavy atom. The first-order chi connectivity index (χ1) is 7.69. The van der Waals surface area contributed by atoms with Gasteiger partial charge in [-0.15, -0.1) is 4.91 Å². The molecule has 1 aliphatic heterocycles. The molecule has 2 rings (SSSR count). The highest BCUT2D eigenvalue weighted by atomic mass is 16.5. The van der Waals surface area contributed by atoms with Crippen LogP contribution in [0.4, 0.5) is 5.82 Å². The van der Waals surface area contributed by atoms with Gasteiger partial charge in [0.1, 0.15) is 0 Å². The summed E-state index contributed by atoms with van der Waals surface area (Å²) in [6.45, 7) is 4.97. The van der Waals surface area contributed by atoms with Crippen molar-refractivity contribution < 1.29 is 4.74 Å². The third-order valence-electron chi connectivity index (χ3n) is 2.69. The Balaban J connectivity index is 2.04. The minimum atomic E-state index is 0.0820. The third-order valence-corrected chi connectivity index (χ3v) is 2.69. The molecule has 2 heterocycles. The van der Waals surface area contributed by atoms with E-state index in [-0.39, 0.29) is 6.10 Å². The van der Waals surface area contributed by atoms with E-state index < -0.39 is 0 Å². The van der Waals surface area contributed by atoms with Gasteiger partial charge in [0.2, 0.25) is 0 Å². The van der Waals surface area contributed by atoms with Gasteiger partial charge in [-0.25, -0.2) is 4.68 Å². The van der Waals surface area contributed by atoms with Crippen LogP contribution in [-0.4, -0.2) is 47.5 Å². The van der Waals surface area contributed by atoms with Gasteiger partial charge < -0.3 is 9.64 Å².